The second kappa shape index (κ2) is 7.68. The lowest BCUT2D eigenvalue weighted by atomic mass is 9.51. The molecule has 4 aliphatic rings. The van der Waals surface area contributed by atoms with Crippen molar-refractivity contribution < 1.29 is 18.4 Å². The van der Waals surface area contributed by atoms with Gasteiger partial charge in [0, 0.05) is 36.7 Å². The van der Waals surface area contributed by atoms with E-state index in [1.54, 1.807) is 23.1 Å². The standard InChI is InChI=1S/C26H28F2N2O2/c1-30(26-13-18-9-19(14-26)12-25(28,11-18)16-26)24(32)20-7-5-17(6-8-20)15-29-23(31)21-3-2-4-22(27)10-21/h2-8,10,18-19H,9,11-16H2,1H3,(H,29,31). The summed E-state index contributed by atoms with van der Waals surface area (Å²) in [5.41, 5.74) is 0.193. The van der Waals surface area contributed by atoms with Crippen LogP contribution in [0.4, 0.5) is 8.78 Å². The molecule has 0 radical (unpaired) electrons. The zero-order chi connectivity index (χ0) is 22.5. The summed E-state index contributed by atoms with van der Waals surface area (Å²) in [5.74, 6) is -0.110. The first-order valence-corrected chi connectivity index (χ1v) is 11.4. The van der Waals surface area contributed by atoms with Crippen molar-refractivity contribution in [3.05, 3.63) is 71.0 Å². The van der Waals surface area contributed by atoms with Crippen LogP contribution in [-0.4, -0.2) is 35.0 Å². The predicted octanol–water partition coefficient (Wildman–Crippen LogP) is 4.89. The maximum absolute atomic E-state index is 15.3. The van der Waals surface area contributed by atoms with Gasteiger partial charge in [0.05, 0.1) is 0 Å². The summed E-state index contributed by atoms with van der Waals surface area (Å²) >= 11 is 0. The van der Waals surface area contributed by atoms with Gasteiger partial charge in [-0.3, -0.25) is 9.59 Å². The van der Waals surface area contributed by atoms with Crippen LogP contribution in [0.15, 0.2) is 48.5 Å². The molecule has 4 bridgehead atoms. The molecule has 0 heterocycles. The van der Waals surface area contributed by atoms with Gasteiger partial charge in [-0.15, -0.1) is 0 Å². The first-order chi connectivity index (χ1) is 15.3. The number of alkyl halides is 1. The van der Waals surface area contributed by atoms with Gasteiger partial charge in [0.25, 0.3) is 11.8 Å². The molecule has 0 spiro atoms. The van der Waals surface area contributed by atoms with E-state index in [1.165, 1.54) is 18.2 Å². The van der Waals surface area contributed by atoms with E-state index in [0.29, 0.717) is 36.7 Å². The molecule has 0 saturated heterocycles. The Morgan fingerprint density at radius 2 is 1.72 bits per heavy atom. The van der Waals surface area contributed by atoms with E-state index in [-0.39, 0.29) is 29.5 Å². The number of nitrogens with zero attached hydrogens (tertiary/aromatic N) is 1. The van der Waals surface area contributed by atoms with Gasteiger partial charge in [0.15, 0.2) is 0 Å². The molecule has 6 heteroatoms. The molecular formula is C26H28F2N2O2. The lowest BCUT2D eigenvalue weighted by molar-refractivity contribution is -0.126. The first kappa shape index (κ1) is 21.1. The SMILES string of the molecule is CN(C(=O)c1ccc(CNC(=O)c2cccc(F)c2)cc1)C12CC3CC(CC(F)(C3)C1)C2. The van der Waals surface area contributed by atoms with Gasteiger partial charge in [-0.1, -0.05) is 18.2 Å². The number of rotatable bonds is 5. The normalized spacial score (nSPS) is 30.2. The number of hydrogen-bond acceptors (Lipinski definition) is 2. The maximum atomic E-state index is 15.3. The van der Waals surface area contributed by atoms with Crippen molar-refractivity contribution in [3.8, 4) is 0 Å². The van der Waals surface area contributed by atoms with Gasteiger partial charge >= 0.3 is 0 Å². The molecule has 2 atom stereocenters. The Morgan fingerprint density at radius 3 is 2.34 bits per heavy atom. The minimum absolute atomic E-state index is 0.0779. The second-order valence-corrected chi connectivity index (χ2v) is 10.1. The van der Waals surface area contributed by atoms with Crippen LogP contribution in [0.1, 0.15) is 64.8 Å². The van der Waals surface area contributed by atoms with Gasteiger partial charge in [0.1, 0.15) is 11.5 Å². The third-order valence-corrected chi connectivity index (χ3v) is 7.72. The smallest absolute Gasteiger partial charge is 0.254 e. The van der Waals surface area contributed by atoms with E-state index in [4.69, 9.17) is 0 Å². The predicted molar refractivity (Wildman–Crippen MR) is 117 cm³/mol. The zero-order valence-corrected chi connectivity index (χ0v) is 18.2. The quantitative estimate of drug-likeness (QED) is 0.723. The van der Waals surface area contributed by atoms with Crippen molar-refractivity contribution in [2.45, 2.75) is 56.3 Å². The molecule has 2 aromatic rings. The molecular weight excluding hydrogens is 410 g/mol. The number of nitrogens with one attached hydrogen (secondary N) is 1. The molecule has 2 aromatic carbocycles. The van der Waals surface area contributed by atoms with Crippen molar-refractivity contribution in [1.29, 1.82) is 0 Å². The largest absolute Gasteiger partial charge is 0.348 e. The highest BCUT2D eigenvalue weighted by Crippen LogP contribution is 2.60. The van der Waals surface area contributed by atoms with Crippen LogP contribution < -0.4 is 5.32 Å². The van der Waals surface area contributed by atoms with Crippen LogP contribution >= 0.6 is 0 Å². The van der Waals surface area contributed by atoms with Crippen LogP contribution in [0, 0.1) is 17.7 Å². The summed E-state index contributed by atoms with van der Waals surface area (Å²) in [7, 11) is 1.83. The van der Waals surface area contributed by atoms with Crippen LogP contribution in [0.5, 0.6) is 0 Å². The Morgan fingerprint density at radius 1 is 1.03 bits per heavy atom. The third-order valence-electron chi connectivity index (χ3n) is 7.72. The molecule has 0 aromatic heterocycles. The molecule has 4 aliphatic carbocycles. The van der Waals surface area contributed by atoms with Crippen molar-refractivity contribution in [2.75, 3.05) is 7.05 Å². The van der Waals surface area contributed by atoms with Crippen molar-refractivity contribution in [2.24, 2.45) is 11.8 Å². The minimum Gasteiger partial charge on any atom is -0.348 e. The number of carbonyl (C=O) groups excluding carboxylic acids is 2. The Hall–Kier alpha value is -2.76. The lowest BCUT2D eigenvalue weighted by Crippen LogP contribution is -2.64. The Balaban J connectivity index is 1.24. The average Bonchev–Trinajstić information content (AvgIpc) is 2.75. The summed E-state index contributed by atoms with van der Waals surface area (Å²) in [5, 5.41) is 2.76. The fraction of sp³-hybridized carbons (Fsp3) is 0.462. The molecule has 4 saturated carbocycles. The van der Waals surface area contributed by atoms with Crippen LogP contribution in [-0.2, 0) is 6.54 Å². The van der Waals surface area contributed by atoms with E-state index < -0.39 is 11.5 Å². The molecule has 4 fully saturated rings. The average molecular weight is 439 g/mol. The van der Waals surface area contributed by atoms with Crippen molar-refractivity contribution in [1.82, 2.24) is 10.2 Å². The first-order valence-electron chi connectivity index (χ1n) is 11.4. The number of hydrogen-bond donors (Lipinski definition) is 1. The van der Waals surface area contributed by atoms with E-state index >= 15 is 4.39 Å². The van der Waals surface area contributed by atoms with Crippen LogP contribution in [0.2, 0.25) is 0 Å². The topological polar surface area (TPSA) is 49.4 Å². The van der Waals surface area contributed by atoms with Gasteiger partial charge in [-0.25, -0.2) is 8.78 Å². The van der Waals surface area contributed by atoms with E-state index in [1.807, 2.05) is 19.2 Å². The molecule has 2 unspecified atom stereocenters. The van der Waals surface area contributed by atoms with Gasteiger partial charge in [0.2, 0.25) is 0 Å². The highest BCUT2D eigenvalue weighted by Gasteiger charge is 2.60. The van der Waals surface area contributed by atoms with E-state index in [2.05, 4.69) is 5.32 Å². The van der Waals surface area contributed by atoms with Crippen LogP contribution in [0.3, 0.4) is 0 Å². The van der Waals surface area contributed by atoms with Crippen molar-refractivity contribution in [3.63, 3.8) is 0 Å². The van der Waals surface area contributed by atoms with Gasteiger partial charge in [-0.2, -0.15) is 0 Å². The number of carbonyl (C=O) groups is 2. The van der Waals surface area contributed by atoms with Gasteiger partial charge < -0.3 is 10.2 Å². The highest BCUT2D eigenvalue weighted by atomic mass is 19.1. The van der Waals surface area contributed by atoms with Gasteiger partial charge in [-0.05, 0) is 79.8 Å². The molecule has 1 N–H and O–H groups in total. The summed E-state index contributed by atoms with van der Waals surface area (Å²) in [6.07, 6.45) is 4.68. The summed E-state index contributed by atoms with van der Waals surface area (Å²) in [6.45, 7) is 0.275. The zero-order valence-electron chi connectivity index (χ0n) is 18.2. The third kappa shape index (κ3) is 3.80. The van der Waals surface area contributed by atoms with E-state index in [9.17, 15) is 14.0 Å². The number of benzene rings is 2. The van der Waals surface area contributed by atoms with Crippen LogP contribution in [0.25, 0.3) is 0 Å². The number of halogens is 2. The Labute approximate surface area is 187 Å². The summed E-state index contributed by atoms with van der Waals surface area (Å²) < 4.78 is 28.6. The highest BCUT2D eigenvalue weighted by molar-refractivity contribution is 5.95. The number of amides is 2. The lowest BCUT2D eigenvalue weighted by Gasteiger charge is -2.61. The molecule has 2 amide bonds. The monoisotopic (exact) mass is 438 g/mol. The molecule has 32 heavy (non-hydrogen) atoms. The Bertz CT molecular complexity index is 1040. The van der Waals surface area contributed by atoms with Crippen molar-refractivity contribution >= 4 is 11.8 Å². The second-order valence-electron chi connectivity index (χ2n) is 10.1. The summed E-state index contributed by atoms with van der Waals surface area (Å²) in [6, 6.07) is 12.7. The maximum Gasteiger partial charge on any atom is 0.254 e. The Kier molecular flexibility index (Phi) is 5.06. The summed E-state index contributed by atoms with van der Waals surface area (Å²) in [4.78, 5) is 27.3. The minimum atomic E-state index is -1.11. The molecule has 0 aliphatic heterocycles. The fourth-order valence-electron chi connectivity index (χ4n) is 6.58. The molecule has 4 nitrogen and oxygen atoms in total. The van der Waals surface area contributed by atoms with E-state index in [0.717, 1.165) is 24.8 Å². The molecule has 6 rings (SSSR count). The molecule has 168 valence electrons. The fourth-order valence-corrected chi connectivity index (χ4v) is 6.58.